The number of benzene rings is 2. The summed E-state index contributed by atoms with van der Waals surface area (Å²) in [7, 11) is 1.40. The van der Waals surface area contributed by atoms with Gasteiger partial charge in [0.05, 0.1) is 19.8 Å². The van der Waals surface area contributed by atoms with E-state index in [0.29, 0.717) is 19.4 Å². The quantitative estimate of drug-likeness (QED) is 0.288. The molecule has 0 saturated carbocycles. The van der Waals surface area contributed by atoms with Crippen LogP contribution in [0.15, 0.2) is 48.6 Å². The molecule has 2 aromatic carbocycles. The van der Waals surface area contributed by atoms with Crippen molar-refractivity contribution < 1.29 is 19.4 Å². The minimum atomic E-state index is -0.623. The summed E-state index contributed by atoms with van der Waals surface area (Å²) in [6, 6.07) is 12.2. The Bertz CT molecular complexity index is 766. The van der Waals surface area contributed by atoms with Crippen molar-refractivity contribution >= 4 is 16.7 Å². The Morgan fingerprint density at radius 1 is 1.11 bits per heavy atom. The average molecular weight is 385 g/mol. The van der Waals surface area contributed by atoms with Crippen LogP contribution in [0, 0.1) is 0 Å². The number of rotatable bonds is 12. The summed E-state index contributed by atoms with van der Waals surface area (Å²) in [6.07, 6.45) is 9.14. The highest BCUT2D eigenvalue weighted by molar-refractivity contribution is 5.85. The second-order valence-corrected chi connectivity index (χ2v) is 6.98. The molecule has 0 aliphatic heterocycles. The summed E-state index contributed by atoms with van der Waals surface area (Å²) in [4.78, 5) is 11.1. The number of fused-ring (bicyclic) bond motifs is 1. The standard InChI is InChI=1S/C24H32O4/c1-3-4-11-16-28-23-18-20-13-10-9-12-19(20)17-21(23)22(25)14-7-5-6-8-15-24(26)27-2/h5,7,9-10,12-13,17-18,22,25H,3-4,6,8,11,14-16H2,1-2H3/b7-5-. The first-order chi connectivity index (χ1) is 13.7. The maximum absolute atomic E-state index is 11.1. The molecule has 0 amide bonds. The lowest BCUT2D eigenvalue weighted by atomic mass is 10.00. The van der Waals surface area contributed by atoms with Gasteiger partial charge < -0.3 is 14.6 Å². The highest BCUT2D eigenvalue weighted by atomic mass is 16.5. The molecule has 2 rings (SSSR count). The van der Waals surface area contributed by atoms with Crippen LogP contribution in [0.5, 0.6) is 5.75 Å². The number of unbranched alkanes of at least 4 members (excludes halogenated alkanes) is 3. The van der Waals surface area contributed by atoms with E-state index in [1.807, 2.05) is 36.4 Å². The van der Waals surface area contributed by atoms with Crippen molar-refractivity contribution in [1.29, 1.82) is 0 Å². The number of aliphatic hydroxyl groups excluding tert-OH is 1. The van der Waals surface area contributed by atoms with E-state index in [-0.39, 0.29) is 5.97 Å². The fraction of sp³-hybridized carbons (Fsp3) is 0.458. The molecule has 1 unspecified atom stereocenters. The molecule has 1 atom stereocenters. The van der Waals surface area contributed by atoms with Gasteiger partial charge in [-0.3, -0.25) is 4.79 Å². The van der Waals surface area contributed by atoms with Gasteiger partial charge in [-0.2, -0.15) is 0 Å². The molecule has 0 spiro atoms. The van der Waals surface area contributed by atoms with Crippen molar-refractivity contribution in [3.63, 3.8) is 0 Å². The van der Waals surface area contributed by atoms with Gasteiger partial charge in [0.25, 0.3) is 0 Å². The van der Waals surface area contributed by atoms with E-state index in [1.54, 1.807) is 0 Å². The molecule has 28 heavy (non-hydrogen) atoms. The van der Waals surface area contributed by atoms with Crippen LogP contribution in [0.25, 0.3) is 10.8 Å². The SMILES string of the molecule is CCCCCOc1cc2ccccc2cc1C(O)C/C=C\CCCC(=O)OC. The van der Waals surface area contributed by atoms with Crippen molar-refractivity contribution in [3.8, 4) is 5.75 Å². The van der Waals surface area contributed by atoms with Crippen LogP contribution in [-0.2, 0) is 9.53 Å². The lowest BCUT2D eigenvalue weighted by molar-refractivity contribution is -0.140. The number of aliphatic hydroxyl groups is 1. The van der Waals surface area contributed by atoms with Crippen molar-refractivity contribution in [3.05, 3.63) is 54.1 Å². The molecule has 0 bridgehead atoms. The third-order valence-corrected chi connectivity index (χ3v) is 4.75. The molecule has 0 saturated heterocycles. The number of allylic oxidation sites excluding steroid dienone is 1. The smallest absolute Gasteiger partial charge is 0.305 e. The van der Waals surface area contributed by atoms with Crippen LogP contribution in [0.3, 0.4) is 0 Å². The van der Waals surface area contributed by atoms with Crippen molar-refractivity contribution in [2.45, 2.75) is 58.0 Å². The maximum atomic E-state index is 11.1. The van der Waals surface area contributed by atoms with Gasteiger partial charge in [0.2, 0.25) is 0 Å². The first-order valence-corrected chi connectivity index (χ1v) is 10.2. The monoisotopic (exact) mass is 384 g/mol. The fourth-order valence-corrected chi connectivity index (χ4v) is 3.09. The van der Waals surface area contributed by atoms with E-state index in [9.17, 15) is 9.90 Å². The average Bonchev–Trinajstić information content (AvgIpc) is 2.72. The van der Waals surface area contributed by atoms with E-state index in [4.69, 9.17) is 4.74 Å². The van der Waals surface area contributed by atoms with E-state index in [2.05, 4.69) is 23.8 Å². The Labute approximate surface area is 168 Å². The molecule has 152 valence electrons. The zero-order valence-corrected chi connectivity index (χ0v) is 17.0. The number of methoxy groups -OCH3 is 1. The maximum Gasteiger partial charge on any atom is 0.305 e. The highest BCUT2D eigenvalue weighted by Crippen LogP contribution is 2.32. The Morgan fingerprint density at radius 2 is 1.86 bits per heavy atom. The Balaban J connectivity index is 2.01. The summed E-state index contributed by atoms with van der Waals surface area (Å²) in [5.74, 6) is 0.579. The van der Waals surface area contributed by atoms with E-state index >= 15 is 0 Å². The van der Waals surface area contributed by atoms with Crippen LogP contribution in [-0.4, -0.2) is 24.8 Å². The number of carbonyl (C=O) groups is 1. The van der Waals surface area contributed by atoms with Crippen LogP contribution in [0.2, 0.25) is 0 Å². The second kappa shape index (κ2) is 12.2. The Morgan fingerprint density at radius 3 is 2.57 bits per heavy atom. The molecule has 0 aliphatic carbocycles. The third kappa shape index (κ3) is 7.01. The molecule has 0 heterocycles. The normalized spacial score (nSPS) is 12.4. The molecule has 4 nitrogen and oxygen atoms in total. The predicted octanol–water partition coefficient (Wildman–Crippen LogP) is 5.73. The topological polar surface area (TPSA) is 55.8 Å². The number of esters is 1. The molecule has 0 aromatic heterocycles. The lowest BCUT2D eigenvalue weighted by Crippen LogP contribution is -2.04. The van der Waals surface area contributed by atoms with Crippen LogP contribution < -0.4 is 4.74 Å². The van der Waals surface area contributed by atoms with Gasteiger partial charge >= 0.3 is 5.97 Å². The van der Waals surface area contributed by atoms with Gasteiger partial charge in [-0.25, -0.2) is 0 Å². The highest BCUT2D eigenvalue weighted by Gasteiger charge is 2.14. The molecule has 1 N–H and O–H groups in total. The Hall–Kier alpha value is -2.33. The van der Waals surface area contributed by atoms with Crippen LogP contribution in [0.4, 0.5) is 0 Å². The van der Waals surface area contributed by atoms with Crippen LogP contribution >= 0.6 is 0 Å². The number of hydrogen-bond donors (Lipinski definition) is 1. The molecular formula is C24H32O4. The van der Waals surface area contributed by atoms with Crippen molar-refractivity contribution in [2.75, 3.05) is 13.7 Å². The summed E-state index contributed by atoms with van der Waals surface area (Å²) < 4.78 is 10.6. The molecule has 4 heteroatoms. The molecular weight excluding hydrogens is 352 g/mol. The predicted molar refractivity (Wildman–Crippen MR) is 114 cm³/mol. The number of ether oxygens (including phenoxy) is 2. The van der Waals surface area contributed by atoms with Crippen LogP contribution in [0.1, 0.15) is 63.5 Å². The third-order valence-electron chi connectivity index (χ3n) is 4.75. The summed E-state index contributed by atoms with van der Waals surface area (Å²) in [5.41, 5.74) is 0.828. The Kier molecular flexibility index (Phi) is 9.56. The van der Waals surface area contributed by atoms with Gasteiger partial charge in [0.1, 0.15) is 5.75 Å². The molecule has 0 aliphatic rings. The molecule has 0 radical (unpaired) electrons. The lowest BCUT2D eigenvalue weighted by Gasteiger charge is -2.17. The van der Waals surface area contributed by atoms with Gasteiger partial charge in [0.15, 0.2) is 0 Å². The van der Waals surface area contributed by atoms with Gasteiger partial charge in [0, 0.05) is 12.0 Å². The zero-order valence-electron chi connectivity index (χ0n) is 17.0. The minimum absolute atomic E-state index is 0.186. The van der Waals surface area contributed by atoms with Gasteiger partial charge in [-0.15, -0.1) is 0 Å². The minimum Gasteiger partial charge on any atom is -0.493 e. The van der Waals surface area contributed by atoms with E-state index in [1.165, 1.54) is 7.11 Å². The number of carbonyl (C=O) groups excluding carboxylic acids is 1. The first kappa shape index (κ1) is 22.0. The van der Waals surface area contributed by atoms with Crippen molar-refractivity contribution in [2.24, 2.45) is 0 Å². The first-order valence-electron chi connectivity index (χ1n) is 10.2. The summed E-state index contributed by atoms with van der Waals surface area (Å²) in [6.45, 7) is 2.83. The molecule has 2 aromatic rings. The van der Waals surface area contributed by atoms with Gasteiger partial charge in [-0.1, -0.05) is 56.2 Å². The second-order valence-electron chi connectivity index (χ2n) is 6.98. The fourth-order valence-electron chi connectivity index (χ4n) is 3.09. The largest absolute Gasteiger partial charge is 0.493 e. The summed E-state index contributed by atoms with van der Waals surface area (Å²) >= 11 is 0. The van der Waals surface area contributed by atoms with Gasteiger partial charge in [-0.05, 0) is 48.6 Å². The molecule has 0 fully saturated rings. The summed E-state index contributed by atoms with van der Waals surface area (Å²) in [5, 5.41) is 13.0. The van der Waals surface area contributed by atoms with E-state index in [0.717, 1.165) is 54.2 Å². The number of hydrogen-bond acceptors (Lipinski definition) is 4. The zero-order chi connectivity index (χ0) is 20.2. The van der Waals surface area contributed by atoms with Crippen molar-refractivity contribution in [1.82, 2.24) is 0 Å². The van der Waals surface area contributed by atoms with E-state index < -0.39 is 6.10 Å².